The average molecular weight is 206 g/mol. The summed E-state index contributed by atoms with van der Waals surface area (Å²) in [5.74, 6) is 5.48. The van der Waals surface area contributed by atoms with E-state index in [9.17, 15) is 0 Å². The van der Waals surface area contributed by atoms with Crippen LogP contribution in [0.5, 0.6) is 0 Å². The van der Waals surface area contributed by atoms with Gasteiger partial charge in [0, 0.05) is 0 Å². The zero-order chi connectivity index (χ0) is 11.0. The molecular weight excluding hydrogens is 180 g/mol. The van der Waals surface area contributed by atoms with Gasteiger partial charge >= 0.3 is 0 Å². The Labute approximate surface area is 95.1 Å². The predicted octanol–water partition coefficient (Wildman–Crippen LogP) is 4.52. The van der Waals surface area contributed by atoms with Crippen LogP contribution in [0.25, 0.3) is 0 Å². The lowest BCUT2D eigenvalue weighted by Gasteiger charge is -2.45. The molecule has 5 atom stereocenters. The first-order valence-electron chi connectivity index (χ1n) is 6.78. The molecule has 1 saturated carbocycles. The number of hydrogen-bond donors (Lipinski definition) is 0. The fourth-order valence-electron chi connectivity index (χ4n) is 3.89. The van der Waals surface area contributed by atoms with E-state index in [1.54, 1.807) is 0 Å². The molecule has 0 heterocycles. The van der Waals surface area contributed by atoms with Crippen molar-refractivity contribution in [1.82, 2.24) is 0 Å². The quantitative estimate of drug-likeness (QED) is 0.553. The van der Waals surface area contributed by atoms with E-state index in [0.29, 0.717) is 0 Å². The molecule has 0 N–H and O–H groups in total. The van der Waals surface area contributed by atoms with Crippen LogP contribution in [0, 0.1) is 35.5 Å². The molecule has 2 rings (SSSR count). The maximum absolute atomic E-state index is 2.54. The Morgan fingerprint density at radius 3 is 2.47 bits per heavy atom. The lowest BCUT2D eigenvalue weighted by molar-refractivity contribution is 0.0755. The van der Waals surface area contributed by atoms with Crippen molar-refractivity contribution in [2.75, 3.05) is 0 Å². The van der Waals surface area contributed by atoms with Crippen molar-refractivity contribution in [3.8, 4) is 0 Å². The van der Waals surface area contributed by atoms with E-state index < -0.39 is 0 Å². The molecule has 15 heavy (non-hydrogen) atoms. The Balaban J connectivity index is 2.17. The van der Waals surface area contributed by atoms with E-state index in [1.807, 2.05) is 0 Å². The van der Waals surface area contributed by atoms with Crippen molar-refractivity contribution in [2.45, 2.75) is 47.0 Å². The van der Waals surface area contributed by atoms with Crippen LogP contribution in [0.4, 0.5) is 0 Å². The van der Waals surface area contributed by atoms with Gasteiger partial charge in [0.1, 0.15) is 0 Å². The molecule has 0 saturated heterocycles. The van der Waals surface area contributed by atoms with Gasteiger partial charge in [-0.25, -0.2) is 0 Å². The maximum Gasteiger partial charge on any atom is -0.0176 e. The van der Waals surface area contributed by atoms with Gasteiger partial charge < -0.3 is 0 Å². The molecule has 2 aliphatic carbocycles. The molecule has 86 valence electrons. The molecule has 0 amide bonds. The minimum atomic E-state index is 0.817. The van der Waals surface area contributed by atoms with Gasteiger partial charge in [-0.3, -0.25) is 0 Å². The number of rotatable bonds is 1. The molecule has 0 nitrogen and oxygen atoms in total. The molecule has 0 bridgehead atoms. The van der Waals surface area contributed by atoms with Gasteiger partial charge in [-0.1, -0.05) is 39.8 Å². The Bertz CT molecular complexity index is 238. The summed E-state index contributed by atoms with van der Waals surface area (Å²) in [6, 6.07) is 0. The van der Waals surface area contributed by atoms with E-state index in [1.165, 1.54) is 19.3 Å². The Morgan fingerprint density at radius 2 is 1.80 bits per heavy atom. The topological polar surface area (TPSA) is 0 Å². The molecule has 0 aromatic heterocycles. The fraction of sp³-hybridized carbons (Fsp3) is 0.867. The molecular formula is C15H26. The molecule has 0 radical (unpaired) electrons. The summed E-state index contributed by atoms with van der Waals surface area (Å²) in [5, 5.41) is 0. The molecule has 0 aromatic carbocycles. The second-order valence-electron chi connectivity index (χ2n) is 6.30. The smallest absolute Gasteiger partial charge is 0.0176 e. The lowest BCUT2D eigenvalue weighted by Crippen LogP contribution is -2.37. The van der Waals surface area contributed by atoms with Crippen molar-refractivity contribution >= 4 is 0 Å². The molecule has 2 aliphatic rings. The van der Waals surface area contributed by atoms with Gasteiger partial charge in [-0.2, -0.15) is 0 Å². The van der Waals surface area contributed by atoms with Crippen LogP contribution in [0.3, 0.4) is 0 Å². The van der Waals surface area contributed by atoms with Gasteiger partial charge in [-0.05, 0) is 54.8 Å². The van der Waals surface area contributed by atoms with Crippen LogP contribution in [0.2, 0.25) is 0 Å². The third kappa shape index (κ3) is 2.14. The first-order chi connectivity index (χ1) is 7.09. The van der Waals surface area contributed by atoms with Crippen LogP contribution in [0.15, 0.2) is 12.2 Å². The van der Waals surface area contributed by atoms with Crippen LogP contribution in [-0.2, 0) is 0 Å². The number of hydrogen-bond acceptors (Lipinski definition) is 0. The van der Waals surface area contributed by atoms with E-state index in [-0.39, 0.29) is 0 Å². The van der Waals surface area contributed by atoms with Gasteiger partial charge in [0.15, 0.2) is 0 Å². The Kier molecular flexibility index (Phi) is 3.23. The number of fused-ring (bicyclic) bond motifs is 1. The SMILES string of the molecule is CC1C=CC2C(C)CCC(C(C)C)C2C1. The van der Waals surface area contributed by atoms with Crippen molar-refractivity contribution in [3.63, 3.8) is 0 Å². The van der Waals surface area contributed by atoms with Crippen molar-refractivity contribution in [3.05, 3.63) is 12.2 Å². The van der Waals surface area contributed by atoms with E-state index >= 15 is 0 Å². The summed E-state index contributed by atoms with van der Waals surface area (Å²) in [5.41, 5.74) is 0. The first kappa shape index (κ1) is 11.2. The Hall–Kier alpha value is -0.260. The highest BCUT2D eigenvalue weighted by atomic mass is 14.4. The molecule has 0 aromatic rings. The standard InChI is InChI=1S/C15H26/c1-10(2)13-8-6-12(4)14-7-5-11(3)9-15(13)14/h5,7,10-15H,6,8-9H2,1-4H3. The van der Waals surface area contributed by atoms with Crippen LogP contribution in [0.1, 0.15) is 47.0 Å². The lowest BCUT2D eigenvalue weighted by atomic mass is 9.60. The van der Waals surface area contributed by atoms with E-state index in [4.69, 9.17) is 0 Å². The molecule has 0 spiro atoms. The summed E-state index contributed by atoms with van der Waals surface area (Å²) in [6.07, 6.45) is 9.36. The summed E-state index contributed by atoms with van der Waals surface area (Å²) in [4.78, 5) is 0. The van der Waals surface area contributed by atoms with E-state index in [0.717, 1.165) is 35.5 Å². The summed E-state index contributed by atoms with van der Waals surface area (Å²) in [7, 11) is 0. The largest absolute Gasteiger partial charge is 0.0854 e. The van der Waals surface area contributed by atoms with Gasteiger partial charge in [0.05, 0.1) is 0 Å². The van der Waals surface area contributed by atoms with Gasteiger partial charge in [0.25, 0.3) is 0 Å². The third-order valence-electron chi connectivity index (χ3n) is 4.82. The summed E-state index contributed by atoms with van der Waals surface area (Å²) >= 11 is 0. The molecule has 1 fully saturated rings. The molecule has 5 unspecified atom stereocenters. The van der Waals surface area contributed by atoms with Crippen LogP contribution in [-0.4, -0.2) is 0 Å². The molecule has 0 aliphatic heterocycles. The predicted molar refractivity (Wildman–Crippen MR) is 66.6 cm³/mol. The van der Waals surface area contributed by atoms with Crippen molar-refractivity contribution in [2.24, 2.45) is 35.5 Å². The van der Waals surface area contributed by atoms with Gasteiger partial charge in [0.2, 0.25) is 0 Å². The van der Waals surface area contributed by atoms with Crippen LogP contribution >= 0.6 is 0 Å². The normalized spacial score (nSPS) is 45.5. The van der Waals surface area contributed by atoms with Crippen LogP contribution < -0.4 is 0 Å². The highest BCUT2D eigenvalue weighted by Gasteiger charge is 2.39. The minimum absolute atomic E-state index is 0.817. The Morgan fingerprint density at radius 1 is 1.07 bits per heavy atom. The number of allylic oxidation sites excluding steroid dienone is 2. The second kappa shape index (κ2) is 4.31. The zero-order valence-corrected chi connectivity index (χ0v) is 10.7. The highest BCUT2D eigenvalue weighted by Crippen LogP contribution is 2.47. The minimum Gasteiger partial charge on any atom is -0.0854 e. The van der Waals surface area contributed by atoms with E-state index in [2.05, 4.69) is 39.8 Å². The molecule has 0 heteroatoms. The first-order valence-corrected chi connectivity index (χ1v) is 6.78. The second-order valence-corrected chi connectivity index (χ2v) is 6.30. The van der Waals surface area contributed by atoms with Crippen molar-refractivity contribution in [1.29, 1.82) is 0 Å². The summed E-state index contributed by atoms with van der Waals surface area (Å²) in [6.45, 7) is 9.67. The maximum atomic E-state index is 2.54. The van der Waals surface area contributed by atoms with Gasteiger partial charge in [-0.15, -0.1) is 0 Å². The average Bonchev–Trinajstić information content (AvgIpc) is 2.17. The highest BCUT2D eigenvalue weighted by molar-refractivity contribution is 5.05. The third-order valence-corrected chi connectivity index (χ3v) is 4.82. The zero-order valence-electron chi connectivity index (χ0n) is 10.7. The summed E-state index contributed by atoms with van der Waals surface area (Å²) < 4.78 is 0. The fourth-order valence-corrected chi connectivity index (χ4v) is 3.89. The monoisotopic (exact) mass is 206 g/mol. The van der Waals surface area contributed by atoms with Crippen molar-refractivity contribution < 1.29 is 0 Å².